The second-order valence-corrected chi connectivity index (χ2v) is 9.86. The van der Waals surface area contributed by atoms with Crippen molar-refractivity contribution in [1.82, 2.24) is 0 Å². The van der Waals surface area contributed by atoms with Gasteiger partial charge in [0.1, 0.15) is 5.75 Å². The van der Waals surface area contributed by atoms with Gasteiger partial charge in [-0.2, -0.15) is 0 Å². The Morgan fingerprint density at radius 3 is 2.63 bits per heavy atom. The third-order valence-electron chi connectivity index (χ3n) is 5.99. The number of aliphatic imine (C=N–C) groups is 1. The van der Waals surface area contributed by atoms with Crippen molar-refractivity contribution in [2.45, 2.75) is 23.5 Å². The van der Waals surface area contributed by atoms with E-state index in [4.69, 9.17) is 30.5 Å². The Morgan fingerprint density at radius 2 is 1.86 bits per heavy atom. The summed E-state index contributed by atoms with van der Waals surface area (Å²) in [6.45, 7) is 1.84. The number of hydrogen-bond donors (Lipinski definition) is 1. The van der Waals surface area contributed by atoms with E-state index < -0.39 is 5.63 Å². The Hall–Kier alpha value is -3.42. The van der Waals surface area contributed by atoms with Gasteiger partial charge in [0.2, 0.25) is 0 Å². The Balaban J connectivity index is 1.73. The van der Waals surface area contributed by atoms with E-state index in [0.717, 1.165) is 27.1 Å². The summed E-state index contributed by atoms with van der Waals surface area (Å²) in [5.41, 5.74) is 3.35. The predicted molar refractivity (Wildman–Crippen MR) is 139 cm³/mol. The molecule has 0 saturated carbocycles. The molecule has 3 aromatic carbocycles. The van der Waals surface area contributed by atoms with Crippen LogP contribution < -0.4 is 15.1 Å². The summed E-state index contributed by atoms with van der Waals surface area (Å²) in [7, 11) is 3.20. The fraction of sp³-hybridized carbons (Fsp3) is 0.185. The zero-order valence-corrected chi connectivity index (χ0v) is 20.9. The highest BCUT2D eigenvalue weighted by Crippen LogP contribution is 2.48. The SMILES string of the molecule is COc1ccc([C@@H]2CC(c3c(O)ccc4c(C)cc(=O)oc34)=Nc3ccc(Cl)cc3S2)cc1OC. The van der Waals surface area contributed by atoms with E-state index in [0.29, 0.717) is 39.8 Å². The molecule has 0 bridgehead atoms. The minimum Gasteiger partial charge on any atom is -0.507 e. The lowest BCUT2D eigenvalue weighted by Crippen LogP contribution is -2.09. The van der Waals surface area contributed by atoms with Gasteiger partial charge in [-0.05, 0) is 60.5 Å². The lowest BCUT2D eigenvalue weighted by Gasteiger charge is -2.19. The molecule has 35 heavy (non-hydrogen) atoms. The van der Waals surface area contributed by atoms with E-state index in [2.05, 4.69) is 0 Å². The molecular weight excluding hydrogens is 486 g/mol. The minimum absolute atomic E-state index is 0.00141. The topological polar surface area (TPSA) is 81.3 Å². The number of phenolic OH excluding ortho intramolecular Hbond substituents is 1. The first-order chi connectivity index (χ1) is 16.9. The maximum absolute atomic E-state index is 12.2. The van der Waals surface area contributed by atoms with Gasteiger partial charge in [-0.25, -0.2) is 4.79 Å². The summed E-state index contributed by atoms with van der Waals surface area (Å²) in [4.78, 5) is 18.1. The van der Waals surface area contributed by atoms with Gasteiger partial charge in [0.15, 0.2) is 17.1 Å². The van der Waals surface area contributed by atoms with Gasteiger partial charge in [-0.3, -0.25) is 4.99 Å². The van der Waals surface area contributed by atoms with E-state index in [-0.39, 0.29) is 11.0 Å². The van der Waals surface area contributed by atoms with E-state index in [1.165, 1.54) is 6.07 Å². The van der Waals surface area contributed by atoms with Crippen molar-refractivity contribution in [3.8, 4) is 17.2 Å². The number of fused-ring (bicyclic) bond motifs is 2. The van der Waals surface area contributed by atoms with Crippen LogP contribution in [-0.2, 0) is 0 Å². The number of aryl methyl sites for hydroxylation is 1. The number of aromatic hydroxyl groups is 1. The standard InChI is InChI=1S/C27H22ClNO5S/c1-14-10-25(31)34-27-17(14)6-8-20(30)26(27)19-13-23(15-4-9-21(32-2)22(11-15)33-3)35-24-12-16(28)5-7-18(24)29-19/h4-12,23,30H,13H2,1-3H3/t23-/m0/s1. The first-order valence-electron chi connectivity index (χ1n) is 10.9. The number of thioether (sulfide) groups is 1. The van der Waals surface area contributed by atoms with Gasteiger partial charge >= 0.3 is 5.63 Å². The van der Waals surface area contributed by atoms with Gasteiger partial charge in [0, 0.05) is 33.0 Å². The van der Waals surface area contributed by atoms with Crippen LogP contribution in [0.2, 0.25) is 5.02 Å². The van der Waals surface area contributed by atoms with E-state index in [1.54, 1.807) is 44.2 Å². The summed E-state index contributed by atoms with van der Waals surface area (Å²) >= 11 is 7.94. The fourth-order valence-corrected chi connectivity index (χ4v) is 5.78. The Bertz CT molecular complexity index is 1550. The van der Waals surface area contributed by atoms with E-state index >= 15 is 0 Å². The number of nitrogens with zero attached hydrogens (tertiary/aromatic N) is 1. The molecule has 5 rings (SSSR count). The van der Waals surface area contributed by atoms with Crippen LogP contribution >= 0.6 is 23.4 Å². The molecule has 1 N–H and O–H groups in total. The highest BCUT2D eigenvalue weighted by Gasteiger charge is 2.27. The molecule has 6 nitrogen and oxygen atoms in total. The molecule has 0 aliphatic carbocycles. The van der Waals surface area contributed by atoms with Crippen molar-refractivity contribution in [3.05, 3.63) is 86.7 Å². The first-order valence-corrected chi connectivity index (χ1v) is 12.2. The number of hydrogen-bond acceptors (Lipinski definition) is 7. The largest absolute Gasteiger partial charge is 0.507 e. The second kappa shape index (κ2) is 9.32. The highest BCUT2D eigenvalue weighted by molar-refractivity contribution is 7.99. The van der Waals surface area contributed by atoms with Gasteiger partial charge in [0.25, 0.3) is 0 Å². The number of benzene rings is 3. The molecule has 2 heterocycles. The van der Waals surface area contributed by atoms with Crippen molar-refractivity contribution in [1.29, 1.82) is 0 Å². The zero-order valence-electron chi connectivity index (χ0n) is 19.3. The van der Waals surface area contributed by atoms with Crippen LogP contribution in [-0.4, -0.2) is 25.0 Å². The van der Waals surface area contributed by atoms with Gasteiger partial charge in [-0.1, -0.05) is 17.7 Å². The van der Waals surface area contributed by atoms with Crippen molar-refractivity contribution in [3.63, 3.8) is 0 Å². The Labute approximate surface area is 211 Å². The molecule has 0 radical (unpaired) electrons. The maximum atomic E-state index is 12.2. The number of ether oxygens (including phenoxy) is 2. The van der Waals surface area contributed by atoms with Crippen LogP contribution in [0.15, 0.2) is 73.7 Å². The molecule has 1 aromatic heterocycles. The molecule has 178 valence electrons. The summed E-state index contributed by atoms with van der Waals surface area (Å²) in [6, 6.07) is 16.1. The average Bonchev–Trinajstić information content (AvgIpc) is 3.02. The van der Waals surface area contributed by atoms with Crippen molar-refractivity contribution >= 4 is 45.7 Å². The average molecular weight is 508 g/mol. The summed E-state index contributed by atoms with van der Waals surface area (Å²) < 4.78 is 16.5. The molecule has 4 aromatic rings. The smallest absolute Gasteiger partial charge is 0.336 e. The summed E-state index contributed by atoms with van der Waals surface area (Å²) in [5, 5.41) is 12.2. The molecule has 1 aliphatic heterocycles. The van der Waals surface area contributed by atoms with Crippen LogP contribution in [0.25, 0.3) is 11.0 Å². The molecule has 0 saturated heterocycles. The van der Waals surface area contributed by atoms with Crippen LogP contribution in [0, 0.1) is 6.92 Å². The quantitative estimate of drug-likeness (QED) is 0.305. The maximum Gasteiger partial charge on any atom is 0.336 e. The number of methoxy groups -OCH3 is 2. The fourth-order valence-electron chi connectivity index (χ4n) is 4.29. The van der Waals surface area contributed by atoms with Crippen molar-refractivity contribution in [2.24, 2.45) is 4.99 Å². The zero-order chi connectivity index (χ0) is 24.7. The van der Waals surface area contributed by atoms with Crippen LogP contribution in [0.3, 0.4) is 0 Å². The van der Waals surface area contributed by atoms with E-state index in [1.807, 2.05) is 37.3 Å². The Morgan fingerprint density at radius 1 is 1.06 bits per heavy atom. The first kappa shape index (κ1) is 23.3. The second-order valence-electron chi connectivity index (χ2n) is 8.18. The van der Waals surface area contributed by atoms with Gasteiger partial charge in [-0.15, -0.1) is 11.8 Å². The molecule has 1 aliphatic rings. The molecule has 0 spiro atoms. The molecule has 0 amide bonds. The predicted octanol–water partition coefficient (Wildman–Crippen LogP) is 6.84. The van der Waals surface area contributed by atoms with Crippen molar-refractivity contribution < 1.29 is 19.0 Å². The molecule has 0 fully saturated rings. The summed E-state index contributed by atoms with van der Waals surface area (Å²) in [5.74, 6) is 1.25. The van der Waals surface area contributed by atoms with Crippen LogP contribution in [0.1, 0.15) is 28.4 Å². The third kappa shape index (κ3) is 4.37. The van der Waals surface area contributed by atoms with Crippen molar-refractivity contribution in [2.75, 3.05) is 14.2 Å². The van der Waals surface area contributed by atoms with Gasteiger partial charge in [0.05, 0.1) is 31.2 Å². The van der Waals surface area contributed by atoms with Crippen LogP contribution in [0.4, 0.5) is 5.69 Å². The minimum atomic E-state index is -0.478. The number of phenols is 1. The third-order valence-corrected chi connectivity index (χ3v) is 7.53. The Kier molecular flexibility index (Phi) is 6.21. The number of rotatable bonds is 4. The monoisotopic (exact) mass is 507 g/mol. The molecule has 8 heteroatoms. The molecular formula is C27H22ClNO5S. The molecule has 0 unspecified atom stereocenters. The van der Waals surface area contributed by atoms with Gasteiger partial charge < -0.3 is 19.0 Å². The molecule has 1 atom stereocenters. The van der Waals surface area contributed by atoms with E-state index in [9.17, 15) is 9.90 Å². The highest BCUT2D eigenvalue weighted by atomic mass is 35.5. The van der Waals surface area contributed by atoms with Crippen LogP contribution in [0.5, 0.6) is 17.2 Å². The lowest BCUT2D eigenvalue weighted by molar-refractivity contribution is 0.354. The lowest BCUT2D eigenvalue weighted by atomic mass is 9.97. The summed E-state index contributed by atoms with van der Waals surface area (Å²) in [6.07, 6.45) is 0.455. The number of halogens is 1. The normalized spacial score (nSPS) is 15.3.